The van der Waals surface area contributed by atoms with Crippen molar-refractivity contribution in [1.82, 2.24) is 4.98 Å². The van der Waals surface area contributed by atoms with E-state index in [2.05, 4.69) is 10.3 Å². The predicted molar refractivity (Wildman–Crippen MR) is 107 cm³/mol. The minimum Gasteiger partial charge on any atom is -0.322 e. The van der Waals surface area contributed by atoms with Gasteiger partial charge in [-0.15, -0.1) is 0 Å². The van der Waals surface area contributed by atoms with Crippen molar-refractivity contribution in [3.8, 4) is 0 Å². The average Bonchev–Trinajstić information content (AvgIpc) is 2.69. The summed E-state index contributed by atoms with van der Waals surface area (Å²) >= 11 is 0. The van der Waals surface area contributed by atoms with Gasteiger partial charge in [0.25, 0.3) is 11.8 Å². The van der Waals surface area contributed by atoms with Crippen molar-refractivity contribution in [3.05, 3.63) is 89.2 Å². The molecule has 0 fully saturated rings. The predicted octanol–water partition coefficient (Wildman–Crippen LogP) is 4.23. The molecule has 5 heteroatoms. The standard InChI is InChI=1S/C22H21N3O2/c1-15-9-10-20(16(2)11-15)24-21(26)17-12-18(14-23-13-17)22(27)25(3)19-7-5-4-6-8-19/h4-14H,1-3H3,(H,24,26). The molecule has 5 nitrogen and oxygen atoms in total. The lowest BCUT2D eigenvalue weighted by Crippen LogP contribution is -2.26. The maximum atomic E-state index is 12.7. The molecule has 0 aliphatic rings. The molecule has 2 aromatic carbocycles. The van der Waals surface area contributed by atoms with Gasteiger partial charge in [0.05, 0.1) is 11.1 Å². The van der Waals surface area contributed by atoms with Crippen LogP contribution in [0.1, 0.15) is 31.8 Å². The number of aromatic nitrogens is 1. The summed E-state index contributed by atoms with van der Waals surface area (Å²) in [6, 6.07) is 16.7. The zero-order valence-electron chi connectivity index (χ0n) is 15.6. The van der Waals surface area contributed by atoms with E-state index in [4.69, 9.17) is 0 Å². The molecule has 0 aliphatic heterocycles. The fraction of sp³-hybridized carbons (Fsp3) is 0.136. The Morgan fingerprint density at radius 3 is 2.33 bits per heavy atom. The molecule has 0 spiro atoms. The van der Waals surface area contributed by atoms with Gasteiger partial charge in [-0.2, -0.15) is 0 Å². The number of hydrogen-bond donors (Lipinski definition) is 1. The molecule has 2 amide bonds. The van der Waals surface area contributed by atoms with E-state index < -0.39 is 0 Å². The minimum absolute atomic E-state index is 0.227. The molecule has 0 aliphatic carbocycles. The average molecular weight is 359 g/mol. The first-order valence-corrected chi connectivity index (χ1v) is 8.62. The van der Waals surface area contributed by atoms with E-state index >= 15 is 0 Å². The number of aryl methyl sites for hydroxylation is 2. The minimum atomic E-state index is -0.300. The number of nitrogens with one attached hydrogen (secondary N) is 1. The van der Waals surface area contributed by atoms with Crippen molar-refractivity contribution < 1.29 is 9.59 Å². The number of rotatable bonds is 4. The van der Waals surface area contributed by atoms with Crippen LogP contribution >= 0.6 is 0 Å². The summed E-state index contributed by atoms with van der Waals surface area (Å²) in [5.74, 6) is -0.527. The van der Waals surface area contributed by atoms with Gasteiger partial charge >= 0.3 is 0 Å². The van der Waals surface area contributed by atoms with E-state index in [0.717, 1.165) is 22.5 Å². The molecular weight excluding hydrogens is 338 g/mol. The van der Waals surface area contributed by atoms with Gasteiger partial charge in [-0.3, -0.25) is 14.6 Å². The zero-order valence-corrected chi connectivity index (χ0v) is 15.6. The molecule has 1 N–H and O–H groups in total. The van der Waals surface area contributed by atoms with Crippen LogP contribution in [0.25, 0.3) is 0 Å². The fourth-order valence-corrected chi connectivity index (χ4v) is 2.79. The van der Waals surface area contributed by atoms with E-state index in [1.807, 2.05) is 62.4 Å². The Bertz CT molecular complexity index is 984. The number of hydrogen-bond acceptors (Lipinski definition) is 3. The lowest BCUT2D eigenvalue weighted by molar-refractivity contribution is 0.0992. The van der Waals surface area contributed by atoms with Gasteiger partial charge in [0.2, 0.25) is 0 Å². The first-order chi connectivity index (χ1) is 13.0. The number of para-hydroxylation sites is 1. The number of pyridine rings is 1. The van der Waals surface area contributed by atoms with Crippen molar-refractivity contribution in [3.63, 3.8) is 0 Å². The van der Waals surface area contributed by atoms with Crippen molar-refractivity contribution >= 4 is 23.2 Å². The quantitative estimate of drug-likeness (QED) is 0.758. The van der Waals surface area contributed by atoms with Crippen LogP contribution in [0, 0.1) is 13.8 Å². The molecule has 1 heterocycles. The number of amides is 2. The third-order valence-electron chi connectivity index (χ3n) is 4.33. The Morgan fingerprint density at radius 1 is 0.926 bits per heavy atom. The Balaban J connectivity index is 1.80. The van der Waals surface area contributed by atoms with E-state index in [1.54, 1.807) is 13.1 Å². The highest BCUT2D eigenvalue weighted by Crippen LogP contribution is 2.18. The van der Waals surface area contributed by atoms with Crippen LogP contribution in [0.5, 0.6) is 0 Å². The highest BCUT2D eigenvalue weighted by atomic mass is 16.2. The second-order valence-electron chi connectivity index (χ2n) is 6.43. The second-order valence-corrected chi connectivity index (χ2v) is 6.43. The summed E-state index contributed by atoms with van der Waals surface area (Å²) < 4.78 is 0. The Hall–Kier alpha value is -3.47. The summed E-state index contributed by atoms with van der Waals surface area (Å²) in [6.45, 7) is 3.94. The Morgan fingerprint density at radius 2 is 1.63 bits per heavy atom. The number of carbonyl (C=O) groups is 2. The molecule has 3 rings (SSSR count). The first-order valence-electron chi connectivity index (χ1n) is 8.62. The molecule has 0 bridgehead atoms. The second kappa shape index (κ2) is 7.83. The normalized spacial score (nSPS) is 10.3. The Labute approximate surface area is 158 Å². The molecule has 27 heavy (non-hydrogen) atoms. The number of carbonyl (C=O) groups excluding carboxylic acids is 2. The van der Waals surface area contributed by atoms with Crippen LogP contribution in [0.3, 0.4) is 0 Å². The van der Waals surface area contributed by atoms with Crippen LogP contribution in [0.4, 0.5) is 11.4 Å². The van der Waals surface area contributed by atoms with E-state index in [1.165, 1.54) is 17.3 Å². The van der Waals surface area contributed by atoms with Crippen LogP contribution in [-0.2, 0) is 0 Å². The van der Waals surface area contributed by atoms with Gasteiger partial charge in [-0.25, -0.2) is 0 Å². The van der Waals surface area contributed by atoms with Gasteiger partial charge in [-0.1, -0.05) is 35.9 Å². The zero-order chi connectivity index (χ0) is 19.4. The lowest BCUT2D eigenvalue weighted by Gasteiger charge is -2.17. The monoisotopic (exact) mass is 359 g/mol. The third kappa shape index (κ3) is 4.20. The summed E-state index contributed by atoms with van der Waals surface area (Å²) in [6.07, 6.45) is 2.92. The van der Waals surface area contributed by atoms with Gasteiger partial charge in [0.15, 0.2) is 0 Å². The van der Waals surface area contributed by atoms with Crippen LogP contribution < -0.4 is 10.2 Å². The molecule has 3 aromatic rings. The number of anilines is 2. The van der Waals surface area contributed by atoms with Crippen LogP contribution in [0.15, 0.2) is 67.0 Å². The molecule has 1 aromatic heterocycles. The molecule has 0 unspecified atom stereocenters. The van der Waals surface area contributed by atoms with E-state index in [9.17, 15) is 9.59 Å². The summed E-state index contributed by atoms with van der Waals surface area (Å²) in [4.78, 5) is 30.9. The number of benzene rings is 2. The molecule has 0 radical (unpaired) electrons. The maximum Gasteiger partial charge on any atom is 0.259 e. The van der Waals surface area contributed by atoms with Crippen molar-refractivity contribution in [2.24, 2.45) is 0 Å². The van der Waals surface area contributed by atoms with E-state index in [-0.39, 0.29) is 11.8 Å². The summed E-state index contributed by atoms with van der Waals surface area (Å²) in [7, 11) is 1.69. The van der Waals surface area contributed by atoms with Crippen molar-refractivity contribution in [2.75, 3.05) is 17.3 Å². The fourth-order valence-electron chi connectivity index (χ4n) is 2.79. The molecule has 136 valence electrons. The highest BCUT2D eigenvalue weighted by molar-refractivity contribution is 6.09. The maximum absolute atomic E-state index is 12.7. The van der Waals surface area contributed by atoms with Crippen molar-refractivity contribution in [1.29, 1.82) is 0 Å². The number of nitrogens with zero attached hydrogens (tertiary/aromatic N) is 2. The molecule has 0 saturated carbocycles. The summed E-state index contributed by atoms with van der Waals surface area (Å²) in [5, 5.41) is 2.88. The molecule has 0 atom stereocenters. The lowest BCUT2D eigenvalue weighted by atomic mass is 10.1. The third-order valence-corrected chi connectivity index (χ3v) is 4.33. The molecular formula is C22H21N3O2. The highest BCUT2D eigenvalue weighted by Gasteiger charge is 2.16. The smallest absolute Gasteiger partial charge is 0.259 e. The van der Waals surface area contributed by atoms with Gasteiger partial charge in [0.1, 0.15) is 0 Å². The van der Waals surface area contributed by atoms with Crippen LogP contribution in [-0.4, -0.2) is 23.8 Å². The molecule has 0 saturated heterocycles. The first kappa shape index (κ1) is 18.3. The summed E-state index contributed by atoms with van der Waals surface area (Å²) in [5.41, 5.74) is 4.31. The van der Waals surface area contributed by atoms with Gasteiger partial charge < -0.3 is 10.2 Å². The van der Waals surface area contributed by atoms with Crippen LogP contribution in [0.2, 0.25) is 0 Å². The van der Waals surface area contributed by atoms with Gasteiger partial charge in [-0.05, 0) is 43.7 Å². The van der Waals surface area contributed by atoms with Crippen molar-refractivity contribution in [2.45, 2.75) is 13.8 Å². The Kier molecular flexibility index (Phi) is 5.31. The van der Waals surface area contributed by atoms with Gasteiger partial charge in [0, 0.05) is 30.8 Å². The largest absolute Gasteiger partial charge is 0.322 e. The SMILES string of the molecule is Cc1ccc(NC(=O)c2cncc(C(=O)N(C)c3ccccc3)c2)c(C)c1. The topological polar surface area (TPSA) is 62.3 Å². The van der Waals surface area contributed by atoms with E-state index in [0.29, 0.717) is 11.1 Å².